The molecule has 1 N–H and O–H groups in total. The number of nitrogens with zero attached hydrogens (tertiary/aromatic N) is 1. The van der Waals surface area contributed by atoms with Crippen LogP contribution in [0.15, 0.2) is 41.3 Å². The van der Waals surface area contributed by atoms with Crippen LogP contribution in [0.1, 0.15) is 11.1 Å². The number of aromatic hydroxyl groups is 1. The average molecular weight is 394 g/mol. The number of hydrogen-bond donors (Lipinski definition) is 1. The predicted molar refractivity (Wildman–Crippen MR) is 97.6 cm³/mol. The van der Waals surface area contributed by atoms with Crippen molar-refractivity contribution in [3.8, 4) is 11.5 Å². The molecule has 1 aliphatic heterocycles. The molecule has 0 saturated carbocycles. The number of benzene rings is 2. The van der Waals surface area contributed by atoms with E-state index in [1.165, 1.54) is 37.5 Å². The van der Waals surface area contributed by atoms with E-state index < -0.39 is 17.0 Å². The Labute approximate surface area is 158 Å². The van der Waals surface area contributed by atoms with Crippen LogP contribution in [0.5, 0.6) is 11.5 Å². The van der Waals surface area contributed by atoms with Crippen LogP contribution in [-0.2, 0) is 11.3 Å². The highest BCUT2D eigenvalue weighted by Gasteiger charge is 2.35. The Hall–Kier alpha value is -2.51. The van der Waals surface area contributed by atoms with Gasteiger partial charge in [0.1, 0.15) is 5.82 Å². The minimum atomic E-state index is -0.583. The number of rotatable bonds is 4. The van der Waals surface area contributed by atoms with Gasteiger partial charge in [-0.2, -0.15) is 0 Å². The number of phenols is 1. The van der Waals surface area contributed by atoms with Gasteiger partial charge in [-0.3, -0.25) is 14.5 Å². The van der Waals surface area contributed by atoms with E-state index in [1.807, 2.05) is 0 Å². The van der Waals surface area contributed by atoms with Gasteiger partial charge in [-0.15, -0.1) is 0 Å². The van der Waals surface area contributed by atoms with Crippen LogP contribution >= 0.6 is 23.4 Å². The fourth-order valence-electron chi connectivity index (χ4n) is 2.43. The highest BCUT2D eigenvalue weighted by Crippen LogP contribution is 2.35. The molecule has 1 heterocycles. The summed E-state index contributed by atoms with van der Waals surface area (Å²) in [7, 11) is 1.42. The van der Waals surface area contributed by atoms with Crippen molar-refractivity contribution in [3.63, 3.8) is 0 Å². The molecule has 1 saturated heterocycles. The van der Waals surface area contributed by atoms with E-state index in [4.69, 9.17) is 16.3 Å². The lowest BCUT2D eigenvalue weighted by Gasteiger charge is -2.14. The van der Waals surface area contributed by atoms with Crippen LogP contribution in [0.4, 0.5) is 9.18 Å². The van der Waals surface area contributed by atoms with Crippen molar-refractivity contribution < 1.29 is 23.8 Å². The number of hydrogen-bond acceptors (Lipinski definition) is 5. The number of carbonyl (C=O) groups is 2. The van der Waals surface area contributed by atoms with Crippen molar-refractivity contribution in [2.75, 3.05) is 7.11 Å². The van der Waals surface area contributed by atoms with Crippen molar-refractivity contribution in [1.82, 2.24) is 4.90 Å². The largest absolute Gasteiger partial charge is 0.504 e. The summed E-state index contributed by atoms with van der Waals surface area (Å²) in [5.41, 5.74) is 0.609. The van der Waals surface area contributed by atoms with E-state index in [9.17, 15) is 19.1 Å². The number of imide groups is 1. The van der Waals surface area contributed by atoms with Crippen LogP contribution in [0.2, 0.25) is 5.02 Å². The number of methoxy groups -OCH3 is 1. The molecule has 3 rings (SSSR count). The zero-order valence-electron chi connectivity index (χ0n) is 13.5. The van der Waals surface area contributed by atoms with Crippen LogP contribution < -0.4 is 4.74 Å². The molecular weight excluding hydrogens is 381 g/mol. The lowest BCUT2D eigenvalue weighted by molar-refractivity contribution is -0.123. The number of halogens is 2. The summed E-state index contributed by atoms with van der Waals surface area (Å²) in [6.07, 6.45) is 1.48. The Morgan fingerprint density at radius 3 is 2.73 bits per heavy atom. The molecule has 0 atom stereocenters. The average Bonchev–Trinajstić information content (AvgIpc) is 2.85. The number of thioether (sulfide) groups is 1. The second-order valence-corrected chi connectivity index (χ2v) is 6.80. The molecule has 8 heteroatoms. The standard InChI is InChI=1S/C18H13ClFNO4S/c1-25-15-6-5-10(7-14(15)22)8-16-17(23)21(18(24)26-16)9-11-12(19)3-2-4-13(11)20/h2-8,22H,9H2,1H3. The maximum atomic E-state index is 13.9. The third-order valence-corrected chi connectivity index (χ3v) is 5.01. The molecule has 1 fully saturated rings. The van der Waals surface area contributed by atoms with Crippen molar-refractivity contribution >= 4 is 40.6 Å². The first-order valence-electron chi connectivity index (χ1n) is 7.46. The number of carbonyl (C=O) groups excluding carboxylic acids is 2. The summed E-state index contributed by atoms with van der Waals surface area (Å²) in [5, 5.41) is 9.44. The van der Waals surface area contributed by atoms with E-state index in [1.54, 1.807) is 12.1 Å². The van der Waals surface area contributed by atoms with E-state index in [2.05, 4.69) is 0 Å². The summed E-state index contributed by atoms with van der Waals surface area (Å²) < 4.78 is 18.9. The molecular formula is C18H13ClFNO4S. The van der Waals surface area contributed by atoms with Gasteiger partial charge in [-0.1, -0.05) is 23.7 Å². The lowest BCUT2D eigenvalue weighted by atomic mass is 10.1. The van der Waals surface area contributed by atoms with Gasteiger partial charge in [-0.05, 0) is 47.7 Å². The molecule has 5 nitrogen and oxygen atoms in total. The Morgan fingerprint density at radius 2 is 2.08 bits per heavy atom. The highest BCUT2D eigenvalue weighted by molar-refractivity contribution is 8.18. The summed E-state index contributed by atoms with van der Waals surface area (Å²) >= 11 is 6.71. The summed E-state index contributed by atoms with van der Waals surface area (Å²) in [4.78, 5) is 25.8. The predicted octanol–water partition coefficient (Wildman–Crippen LogP) is 4.43. The van der Waals surface area contributed by atoms with Gasteiger partial charge in [-0.25, -0.2) is 4.39 Å². The van der Waals surface area contributed by atoms with Gasteiger partial charge in [0, 0.05) is 10.6 Å². The fraction of sp³-hybridized carbons (Fsp3) is 0.111. The van der Waals surface area contributed by atoms with Gasteiger partial charge < -0.3 is 9.84 Å². The SMILES string of the molecule is COc1ccc(C=C2SC(=O)N(Cc3c(F)cccc3Cl)C2=O)cc1O. The van der Waals surface area contributed by atoms with E-state index in [0.717, 1.165) is 16.7 Å². The molecule has 0 aromatic heterocycles. The quantitative estimate of drug-likeness (QED) is 0.778. The van der Waals surface area contributed by atoms with E-state index >= 15 is 0 Å². The Kier molecular flexibility index (Phi) is 5.20. The fourth-order valence-corrected chi connectivity index (χ4v) is 3.49. The normalized spacial score (nSPS) is 15.8. The second kappa shape index (κ2) is 7.39. The molecule has 0 bridgehead atoms. The smallest absolute Gasteiger partial charge is 0.293 e. The highest BCUT2D eigenvalue weighted by atomic mass is 35.5. The maximum Gasteiger partial charge on any atom is 0.293 e. The molecule has 0 aliphatic carbocycles. The van der Waals surface area contributed by atoms with Crippen LogP contribution in [-0.4, -0.2) is 28.3 Å². The summed E-state index contributed by atoms with van der Waals surface area (Å²) in [6, 6.07) is 8.77. The molecule has 2 amide bonds. The molecule has 0 spiro atoms. The van der Waals surface area contributed by atoms with Gasteiger partial charge in [0.25, 0.3) is 11.1 Å². The van der Waals surface area contributed by atoms with Gasteiger partial charge >= 0.3 is 0 Å². The number of ether oxygens (including phenoxy) is 1. The van der Waals surface area contributed by atoms with E-state index in [-0.39, 0.29) is 27.8 Å². The van der Waals surface area contributed by atoms with E-state index in [0.29, 0.717) is 11.3 Å². The molecule has 26 heavy (non-hydrogen) atoms. The first-order valence-corrected chi connectivity index (χ1v) is 8.65. The van der Waals surface area contributed by atoms with Gasteiger partial charge in [0.05, 0.1) is 18.6 Å². The first kappa shape index (κ1) is 18.3. The Bertz CT molecular complexity index is 911. The van der Waals surface area contributed by atoms with Crippen molar-refractivity contribution in [3.05, 3.63) is 63.3 Å². The van der Waals surface area contributed by atoms with Crippen molar-refractivity contribution in [1.29, 1.82) is 0 Å². The molecule has 2 aromatic rings. The Morgan fingerprint density at radius 1 is 1.31 bits per heavy atom. The first-order chi connectivity index (χ1) is 12.4. The zero-order chi connectivity index (χ0) is 18.8. The molecule has 0 unspecified atom stereocenters. The van der Waals surface area contributed by atoms with Crippen molar-refractivity contribution in [2.24, 2.45) is 0 Å². The van der Waals surface area contributed by atoms with Crippen molar-refractivity contribution in [2.45, 2.75) is 6.54 Å². The molecule has 2 aromatic carbocycles. The van der Waals surface area contributed by atoms with Crippen LogP contribution in [0.25, 0.3) is 6.08 Å². The minimum Gasteiger partial charge on any atom is -0.504 e. The number of amides is 2. The number of phenolic OH excluding ortho intramolecular Hbond substituents is 1. The maximum absolute atomic E-state index is 13.9. The third kappa shape index (κ3) is 3.54. The lowest BCUT2D eigenvalue weighted by Crippen LogP contribution is -2.28. The molecule has 0 radical (unpaired) electrons. The third-order valence-electron chi connectivity index (χ3n) is 3.75. The Balaban J connectivity index is 1.86. The second-order valence-electron chi connectivity index (χ2n) is 5.40. The minimum absolute atomic E-state index is 0.0832. The summed E-state index contributed by atoms with van der Waals surface area (Å²) in [5.74, 6) is -0.918. The zero-order valence-corrected chi connectivity index (χ0v) is 15.1. The molecule has 134 valence electrons. The monoisotopic (exact) mass is 393 g/mol. The van der Waals surface area contributed by atoms with Crippen LogP contribution in [0, 0.1) is 5.82 Å². The summed E-state index contributed by atoms with van der Waals surface area (Å²) in [6.45, 7) is -0.249. The van der Waals surface area contributed by atoms with Gasteiger partial charge in [0.15, 0.2) is 11.5 Å². The topological polar surface area (TPSA) is 66.8 Å². The molecule has 1 aliphatic rings. The van der Waals surface area contributed by atoms with Crippen LogP contribution in [0.3, 0.4) is 0 Å². The van der Waals surface area contributed by atoms with Gasteiger partial charge in [0.2, 0.25) is 0 Å².